The molecular formula is C26H29N3O13S. The van der Waals surface area contributed by atoms with E-state index in [1.54, 1.807) is 0 Å². The number of rotatable bonds is 12. The van der Waals surface area contributed by atoms with Crippen LogP contribution in [0, 0.1) is 0 Å². The van der Waals surface area contributed by atoms with Gasteiger partial charge in [0.1, 0.15) is 35.0 Å². The molecule has 0 aliphatic carbocycles. The van der Waals surface area contributed by atoms with Crippen molar-refractivity contribution in [3.8, 4) is 0 Å². The first kappa shape index (κ1) is 32.8. The van der Waals surface area contributed by atoms with Gasteiger partial charge in [0.05, 0.1) is 19.8 Å². The van der Waals surface area contributed by atoms with Crippen LogP contribution in [0.3, 0.4) is 0 Å². The van der Waals surface area contributed by atoms with Crippen LogP contribution in [0.4, 0.5) is 0 Å². The summed E-state index contributed by atoms with van der Waals surface area (Å²) in [5.41, 5.74) is -2.33. The van der Waals surface area contributed by atoms with Gasteiger partial charge in [-0.1, -0.05) is 0 Å². The molecule has 43 heavy (non-hydrogen) atoms. The summed E-state index contributed by atoms with van der Waals surface area (Å²) in [5, 5.41) is 11.2. The predicted molar refractivity (Wildman–Crippen MR) is 145 cm³/mol. The van der Waals surface area contributed by atoms with Gasteiger partial charge in [-0.15, -0.1) is 11.8 Å². The van der Waals surface area contributed by atoms with E-state index in [1.165, 1.54) is 20.8 Å². The third-order valence-electron chi connectivity index (χ3n) is 6.09. The van der Waals surface area contributed by atoms with Crippen LogP contribution in [0.1, 0.15) is 54.6 Å². The largest absolute Gasteiger partial charge is 0.477 e. The van der Waals surface area contributed by atoms with Gasteiger partial charge in [-0.3, -0.25) is 24.1 Å². The number of β-lactam (4-membered cyclic amide) rings is 1. The Morgan fingerprint density at radius 3 is 2.21 bits per heavy atom. The number of carboxylic acids is 1. The number of hydrogen-bond donors (Lipinski definition) is 2. The standard InChI is InChI=1S/C26H29N3O13S/c1-5-39-24(36)14-9-28(15(8-16(14)31)25(37)40-6-2)19(26(38)41-7-3)20(32)27-17-21(33)29-18(23(34)35)13(10-42-12(4)30)11-43-22(17)29/h8-9,17,19,22H,5-7,10-11H2,1-4H3,(H,27,32)(H,34,35)/t17-,19?,22-/m1/s1. The number of aliphatic carboxylic acids is 1. The van der Waals surface area contributed by atoms with Gasteiger partial charge in [0.2, 0.25) is 6.04 Å². The van der Waals surface area contributed by atoms with E-state index in [4.69, 9.17) is 18.9 Å². The fourth-order valence-corrected chi connectivity index (χ4v) is 5.60. The number of aromatic nitrogens is 1. The van der Waals surface area contributed by atoms with Crippen molar-refractivity contribution in [2.24, 2.45) is 0 Å². The summed E-state index contributed by atoms with van der Waals surface area (Å²) in [4.78, 5) is 102. The molecule has 0 bridgehead atoms. The summed E-state index contributed by atoms with van der Waals surface area (Å²) in [6, 6.07) is -2.63. The van der Waals surface area contributed by atoms with E-state index >= 15 is 0 Å². The van der Waals surface area contributed by atoms with Crippen molar-refractivity contribution in [2.45, 2.75) is 45.2 Å². The summed E-state index contributed by atoms with van der Waals surface area (Å²) in [6.07, 6.45) is 0.796. The second-order valence-corrected chi connectivity index (χ2v) is 9.98. The Hall–Kier alpha value is -4.67. The lowest BCUT2D eigenvalue weighted by atomic mass is 10.0. The molecule has 0 spiro atoms. The van der Waals surface area contributed by atoms with Gasteiger partial charge in [-0.05, 0) is 20.8 Å². The Bertz CT molecular complexity index is 1450. The number of carbonyl (C=O) groups is 7. The van der Waals surface area contributed by atoms with Gasteiger partial charge in [0.15, 0.2) is 5.43 Å². The van der Waals surface area contributed by atoms with Crippen LogP contribution in [0.5, 0.6) is 0 Å². The van der Waals surface area contributed by atoms with Crippen LogP contribution in [-0.4, -0.2) is 99.8 Å². The van der Waals surface area contributed by atoms with Gasteiger partial charge in [0, 0.05) is 30.5 Å². The van der Waals surface area contributed by atoms with Crippen LogP contribution in [0.25, 0.3) is 0 Å². The number of esters is 4. The molecule has 1 unspecified atom stereocenters. The summed E-state index contributed by atoms with van der Waals surface area (Å²) >= 11 is 1.08. The van der Waals surface area contributed by atoms with Crippen LogP contribution < -0.4 is 10.7 Å². The average Bonchev–Trinajstić information content (AvgIpc) is 2.95. The first-order valence-corrected chi connectivity index (χ1v) is 14.0. The first-order valence-electron chi connectivity index (χ1n) is 13.0. The number of amides is 2. The minimum absolute atomic E-state index is 0.0483. The molecule has 2 amide bonds. The first-order chi connectivity index (χ1) is 20.4. The van der Waals surface area contributed by atoms with E-state index in [0.29, 0.717) is 6.07 Å². The predicted octanol–water partition coefficient (Wildman–Crippen LogP) is -0.392. The molecule has 0 aromatic carbocycles. The minimum atomic E-state index is -2.03. The minimum Gasteiger partial charge on any atom is -0.477 e. The molecule has 0 saturated carbocycles. The number of carbonyl (C=O) groups excluding carboxylic acids is 6. The Morgan fingerprint density at radius 2 is 1.63 bits per heavy atom. The van der Waals surface area contributed by atoms with E-state index < -0.39 is 81.5 Å². The van der Waals surface area contributed by atoms with E-state index in [-0.39, 0.29) is 37.8 Å². The Balaban J connectivity index is 2.02. The van der Waals surface area contributed by atoms with Crippen molar-refractivity contribution in [3.05, 3.63) is 45.0 Å². The molecule has 3 atom stereocenters. The molecule has 232 valence electrons. The number of thioether (sulfide) groups is 1. The molecule has 3 heterocycles. The molecule has 3 rings (SSSR count). The topological polar surface area (TPSA) is 214 Å². The van der Waals surface area contributed by atoms with Crippen molar-refractivity contribution >= 4 is 53.4 Å². The lowest BCUT2D eigenvalue weighted by Gasteiger charge is -2.49. The molecular weight excluding hydrogens is 594 g/mol. The third kappa shape index (κ3) is 6.87. The summed E-state index contributed by atoms with van der Waals surface area (Å²) < 4.78 is 20.5. The lowest BCUT2D eigenvalue weighted by molar-refractivity contribution is -0.155. The number of nitrogens with one attached hydrogen (secondary N) is 1. The normalized spacial score (nSPS) is 18.0. The highest BCUT2D eigenvalue weighted by Gasteiger charge is 2.55. The van der Waals surface area contributed by atoms with Crippen molar-refractivity contribution < 1.29 is 57.6 Å². The Kier molecular flexibility index (Phi) is 10.7. The fourth-order valence-electron chi connectivity index (χ4n) is 4.28. The van der Waals surface area contributed by atoms with Gasteiger partial charge in [0.25, 0.3) is 11.8 Å². The zero-order valence-corrected chi connectivity index (χ0v) is 24.4. The summed E-state index contributed by atoms with van der Waals surface area (Å²) in [7, 11) is 0. The van der Waals surface area contributed by atoms with Crippen LogP contribution in [0.2, 0.25) is 0 Å². The molecule has 2 aliphatic heterocycles. The molecule has 2 aliphatic rings. The highest BCUT2D eigenvalue weighted by atomic mass is 32.2. The highest BCUT2D eigenvalue weighted by molar-refractivity contribution is 8.00. The molecule has 1 aromatic rings. The van der Waals surface area contributed by atoms with E-state index in [1.807, 2.05) is 0 Å². The van der Waals surface area contributed by atoms with Gasteiger partial charge < -0.3 is 33.9 Å². The quantitative estimate of drug-likeness (QED) is 0.131. The van der Waals surface area contributed by atoms with Crippen molar-refractivity contribution in [1.82, 2.24) is 14.8 Å². The molecule has 0 radical (unpaired) electrons. The van der Waals surface area contributed by atoms with Crippen LogP contribution >= 0.6 is 11.8 Å². The monoisotopic (exact) mass is 623 g/mol. The molecule has 17 heteroatoms. The highest BCUT2D eigenvalue weighted by Crippen LogP contribution is 2.40. The molecule has 16 nitrogen and oxygen atoms in total. The fraction of sp³-hybridized carbons (Fsp3) is 0.462. The smallest absolute Gasteiger partial charge is 0.355 e. The number of pyridine rings is 1. The number of ether oxygens (including phenoxy) is 4. The van der Waals surface area contributed by atoms with Crippen LogP contribution in [0.15, 0.2) is 28.3 Å². The molecule has 1 fully saturated rings. The molecule has 1 saturated heterocycles. The zero-order chi connectivity index (χ0) is 32.0. The molecule has 1 aromatic heterocycles. The third-order valence-corrected chi connectivity index (χ3v) is 7.43. The number of hydrogen-bond acceptors (Lipinski definition) is 13. The SMILES string of the molecule is CCOC(=O)c1cn(C(C(=O)N[C@@H]2C(=O)N3C(C(=O)O)=C(COC(C)=O)CS[C@H]23)C(=O)OCC)c(C(=O)OCC)cc1=O. The maximum absolute atomic E-state index is 13.6. The number of fused-ring (bicyclic) bond motifs is 1. The van der Waals surface area contributed by atoms with E-state index in [9.17, 15) is 43.5 Å². The Morgan fingerprint density at radius 1 is 1.00 bits per heavy atom. The Labute approximate surface area is 248 Å². The number of nitrogens with zero attached hydrogens (tertiary/aromatic N) is 2. The summed E-state index contributed by atoms with van der Waals surface area (Å²) in [6.45, 7) is 4.78. The van der Waals surface area contributed by atoms with Crippen molar-refractivity contribution in [1.29, 1.82) is 0 Å². The van der Waals surface area contributed by atoms with E-state index in [2.05, 4.69) is 5.32 Å². The van der Waals surface area contributed by atoms with Crippen LogP contribution in [-0.2, 0) is 42.9 Å². The van der Waals surface area contributed by atoms with Gasteiger partial charge in [-0.25, -0.2) is 19.2 Å². The maximum Gasteiger partial charge on any atom is 0.355 e. The second kappa shape index (κ2) is 14.0. The molecule has 2 N–H and O–H groups in total. The van der Waals surface area contributed by atoms with Crippen molar-refractivity contribution in [2.75, 3.05) is 32.2 Å². The van der Waals surface area contributed by atoms with Crippen molar-refractivity contribution in [3.63, 3.8) is 0 Å². The average molecular weight is 624 g/mol. The lowest BCUT2D eigenvalue weighted by Crippen LogP contribution is -2.71. The summed E-state index contributed by atoms with van der Waals surface area (Å²) in [5.74, 6) is -7.41. The maximum atomic E-state index is 13.6. The van der Waals surface area contributed by atoms with Gasteiger partial charge >= 0.3 is 29.8 Å². The zero-order valence-electron chi connectivity index (χ0n) is 23.6. The second-order valence-electron chi connectivity index (χ2n) is 8.87. The number of carboxylic acid groups (broad SMARTS) is 1. The van der Waals surface area contributed by atoms with Gasteiger partial charge in [-0.2, -0.15) is 0 Å². The van der Waals surface area contributed by atoms with E-state index in [0.717, 1.165) is 34.3 Å².